The van der Waals surface area contributed by atoms with Crippen LogP contribution in [0.1, 0.15) is 24.0 Å². The largest absolute Gasteiger partial charge is 0.341 e. The number of hydrogen-bond donors (Lipinski definition) is 0. The van der Waals surface area contributed by atoms with Gasteiger partial charge in [-0.25, -0.2) is 0 Å². The van der Waals surface area contributed by atoms with Crippen LogP contribution >= 0.6 is 0 Å². The molecule has 60 heavy (non-hydrogen) atoms. The van der Waals surface area contributed by atoms with Gasteiger partial charge < -0.3 is 9.80 Å². The second kappa shape index (κ2) is 14.3. The van der Waals surface area contributed by atoms with Crippen LogP contribution in [-0.2, 0) is 12.8 Å². The van der Waals surface area contributed by atoms with E-state index >= 15 is 0 Å². The maximum absolute atomic E-state index is 2.56. The van der Waals surface area contributed by atoms with E-state index in [2.05, 4.69) is 204 Å². The first kappa shape index (κ1) is 34.8. The topological polar surface area (TPSA) is 6.48 Å². The van der Waals surface area contributed by atoms with Crippen LogP contribution in [0.25, 0.3) is 76.5 Å². The molecule has 0 fully saturated rings. The molecule has 0 radical (unpaired) electrons. The van der Waals surface area contributed by atoms with E-state index in [9.17, 15) is 0 Å². The molecule has 0 saturated carbocycles. The zero-order valence-corrected chi connectivity index (χ0v) is 33.6. The third kappa shape index (κ3) is 5.70. The summed E-state index contributed by atoms with van der Waals surface area (Å²) in [5.74, 6) is 0. The summed E-state index contributed by atoms with van der Waals surface area (Å²) in [7, 11) is 0. The number of para-hydroxylation sites is 2. The maximum Gasteiger partial charge on any atom is 0.0443 e. The summed E-state index contributed by atoms with van der Waals surface area (Å²) in [6.07, 6.45) is 4.49. The molecule has 2 aliphatic rings. The Morgan fingerprint density at radius 3 is 1.57 bits per heavy atom. The lowest BCUT2D eigenvalue weighted by Gasteiger charge is -2.33. The van der Waals surface area contributed by atoms with E-state index in [0.29, 0.717) is 0 Å². The van der Waals surface area contributed by atoms with Crippen molar-refractivity contribution in [2.24, 2.45) is 0 Å². The highest BCUT2D eigenvalue weighted by Crippen LogP contribution is 2.51. The fraction of sp³-hybridized carbons (Fsp3) is 0.103. The standard InChI is InChI=1S/C58H44N2/c1-2-15-40(16-3-1)49-31-28-41-17-6-9-23-48(41)57(49)58-51-33-30-46(59-34-12-21-42-18-7-10-24-54(42)59)37-52(51)56(45-27-26-39-14-4-5-20-44(39)36-45)50-32-29-47(38-53(50)58)60-35-13-22-43-19-8-11-25-55(43)60/h1-11,14-20,23-33,36-38H,12-13,21-22,34-35H2. The molecule has 2 nitrogen and oxygen atoms in total. The predicted octanol–water partition coefficient (Wildman–Crippen LogP) is 15.5. The van der Waals surface area contributed by atoms with E-state index < -0.39 is 0 Å². The number of hydrogen-bond acceptors (Lipinski definition) is 2. The quantitative estimate of drug-likeness (QED) is 0.161. The van der Waals surface area contributed by atoms with Crippen molar-refractivity contribution < 1.29 is 0 Å². The Morgan fingerprint density at radius 2 is 0.867 bits per heavy atom. The van der Waals surface area contributed by atoms with E-state index in [1.165, 1.54) is 110 Å². The number of benzene rings is 10. The Balaban J connectivity index is 1.24. The zero-order chi connectivity index (χ0) is 39.6. The van der Waals surface area contributed by atoms with Gasteiger partial charge in [-0.05, 0) is 156 Å². The third-order valence-electron chi connectivity index (χ3n) is 13.2. The number of nitrogens with zero attached hydrogens (tertiary/aromatic N) is 2. The van der Waals surface area contributed by atoms with Crippen molar-refractivity contribution >= 4 is 65.8 Å². The summed E-state index contributed by atoms with van der Waals surface area (Å²) >= 11 is 0. The molecule has 2 heteroatoms. The van der Waals surface area contributed by atoms with Gasteiger partial charge in [0.2, 0.25) is 0 Å². The lowest BCUT2D eigenvalue weighted by molar-refractivity contribution is 0.767. The number of fused-ring (bicyclic) bond motifs is 6. The van der Waals surface area contributed by atoms with Gasteiger partial charge in [0.05, 0.1) is 0 Å². The average Bonchev–Trinajstić information content (AvgIpc) is 3.32. The summed E-state index contributed by atoms with van der Waals surface area (Å²) < 4.78 is 0. The molecule has 2 heterocycles. The minimum absolute atomic E-state index is 0.993. The molecule has 0 unspecified atom stereocenters. The SMILES string of the molecule is c1ccc(-c2ccc3ccccc3c2-c2c3ccc(N4CCCc5ccccc54)cc3c(-c3ccc4ccccc4c3)c3ccc(N4CCCc5ccccc54)cc23)cc1. The zero-order valence-electron chi connectivity index (χ0n) is 33.6. The summed E-state index contributed by atoms with van der Waals surface area (Å²) in [6.45, 7) is 1.99. The molecule has 286 valence electrons. The highest BCUT2D eigenvalue weighted by molar-refractivity contribution is 6.26. The molecule has 10 aromatic rings. The second-order valence-corrected chi connectivity index (χ2v) is 16.6. The van der Waals surface area contributed by atoms with Crippen LogP contribution in [0.15, 0.2) is 194 Å². The molecule has 0 aliphatic carbocycles. The predicted molar refractivity (Wildman–Crippen MR) is 256 cm³/mol. The van der Waals surface area contributed by atoms with Crippen molar-refractivity contribution in [3.63, 3.8) is 0 Å². The molecule has 0 aromatic heterocycles. The van der Waals surface area contributed by atoms with Crippen molar-refractivity contribution in [1.29, 1.82) is 0 Å². The lowest BCUT2D eigenvalue weighted by Crippen LogP contribution is -2.24. The summed E-state index contributed by atoms with van der Waals surface area (Å²) in [4.78, 5) is 5.11. The van der Waals surface area contributed by atoms with Gasteiger partial charge in [0.25, 0.3) is 0 Å². The van der Waals surface area contributed by atoms with Crippen LogP contribution in [-0.4, -0.2) is 13.1 Å². The van der Waals surface area contributed by atoms with Crippen LogP contribution in [0.4, 0.5) is 22.7 Å². The number of aryl methyl sites for hydroxylation is 2. The molecule has 0 amide bonds. The van der Waals surface area contributed by atoms with Crippen LogP contribution in [0.3, 0.4) is 0 Å². The van der Waals surface area contributed by atoms with Crippen LogP contribution in [0.5, 0.6) is 0 Å². The molecule has 0 spiro atoms. The molecule has 10 aromatic carbocycles. The van der Waals surface area contributed by atoms with Crippen molar-refractivity contribution in [1.82, 2.24) is 0 Å². The molecule has 12 rings (SSSR count). The maximum atomic E-state index is 2.56. The second-order valence-electron chi connectivity index (χ2n) is 16.6. The van der Waals surface area contributed by atoms with E-state index in [4.69, 9.17) is 0 Å². The minimum Gasteiger partial charge on any atom is -0.341 e. The van der Waals surface area contributed by atoms with E-state index in [1.54, 1.807) is 0 Å². The van der Waals surface area contributed by atoms with Gasteiger partial charge in [-0.15, -0.1) is 0 Å². The first-order chi connectivity index (χ1) is 29.8. The molecular weight excluding hydrogens is 725 g/mol. The molecule has 0 N–H and O–H groups in total. The Bertz CT molecular complexity index is 3290. The normalized spacial score (nSPS) is 13.9. The van der Waals surface area contributed by atoms with E-state index in [1.807, 2.05) is 0 Å². The average molecular weight is 769 g/mol. The molecule has 0 bridgehead atoms. The third-order valence-corrected chi connectivity index (χ3v) is 13.2. The van der Waals surface area contributed by atoms with Gasteiger partial charge in [0, 0.05) is 35.8 Å². The fourth-order valence-electron chi connectivity index (χ4n) is 10.5. The van der Waals surface area contributed by atoms with Crippen molar-refractivity contribution in [2.75, 3.05) is 22.9 Å². The Morgan fingerprint density at radius 1 is 0.317 bits per heavy atom. The lowest BCUT2D eigenvalue weighted by atomic mass is 9.81. The number of anilines is 4. The summed E-state index contributed by atoms with van der Waals surface area (Å²) in [5, 5.41) is 10.1. The highest BCUT2D eigenvalue weighted by atomic mass is 15.1. The molecule has 2 aliphatic heterocycles. The van der Waals surface area contributed by atoms with Crippen LogP contribution < -0.4 is 9.80 Å². The molecule has 0 atom stereocenters. The fourth-order valence-corrected chi connectivity index (χ4v) is 10.5. The van der Waals surface area contributed by atoms with Gasteiger partial charge in [-0.3, -0.25) is 0 Å². The Kier molecular flexibility index (Phi) is 8.30. The first-order valence-corrected chi connectivity index (χ1v) is 21.6. The molecular formula is C58H44N2. The van der Waals surface area contributed by atoms with E-state index in [-0.39, 0.29) is 0 Å². The van der Waals surface area contributed by atoms with Gasteiger partial charge in [0.1, 0.15) is 0 Å². The Labute approximate surface area is 351 Å². The van der Waals surface area contributed by atoms with Crippen LogP contribution in [0.2, 0.25) is 0 Å². The smallest absolute Gasteiger partial charge is 0.0443 e. The first-order valence-electron chi connectivity index (χ1n) is 21.6. The van der Waals surface area contributed by atoms with Crippen molar-refractivity contribution in [2.45, 2.75) is 25.7 Å². The highest BCUT2D eigenvalue weighted by Gasteiger charge is 2.26. The van der Waals surface area contributed by atoms with Gasteiger partial charge >= 0.3 is 0 Å². The van der Waals surface area contributed by atoms with Gasteiger partial charge in [-0.1, -0.05) is 152 Å². The Hall–Kier alpha value is -7.16. The minimum atomic E-state index is 0.993. The monoisotopic (exact) mass is 768 g/mol. The van der Waals surface area contributed by atoms with Crippen LogP contribution in [0, 0.1) is 0 Å². The summed E-state index contributed by atoms with van der Waals surface area (Å²) in [5.41, 5.74) is 15.5. The van der Waals surface area contributed by atoms with Gasteiger partial charge in [0.15, 0.2) is 0 Å². The number of rotatable bonds is 5. The van der Waals surface area contributed by atoms with E-state index in [0.717, 1.165) is 38.8 Å². The van der Waals surface area contributed by atoms with Crippen molar-refractivity contribution in [3.8, 4) is 33.4 Å². The molecule has 0 saturated heterocycles. The van der Waals surface area contributed by atoms with Crippen molar-refractivity contribution in [3.05, 3.63) is 205 Å². The van der Waals surface area contributed by atoms with Gasteiger partial charge in [-0.2, -0.15) is 0 Å². The summed E-state index contributed by atoms with van der Waals surface area (Å²) in [6, 6.07) is 73.1.